The molecule has 0 aromatic carbocycles. The van der Waals surface area contributed by atoms with Crippen LogP contribution in [0.4, 0.5) is 0 Å². The van der Waals surface area contributed by atoms with Gasteiger partial charge in [-0.3, -0.25) is 9.69 Å². The summed E-state index contributed by atoms with van der Waals surface area (Å²) in [7, 11) is 0. The maximum Gasteiger partial charge on any atom is 0.320 e. The fourth-order valence-electron chi connectivity index (χ4n) is 2.88. The molecule has 4 nitrogen and oxygen atoms in total. The van der Waals surface area contributed by atoms with Crippen LogP contribution in [0, 0.1) is 5.92 Å². The average Bonchev–Trinajstić information content (AvgIpc) is 2.38. The van der Waals surface area contributed by atoms with Gasteiger partial charge in [0.05, 0.1) is 0 Å². The molecular weight excluding hydrogens is 228 g/mol. The number of likely N-dealkylation sites (tertiary alicyclic amines) is 1. The maximum atomic E-state index is 11.1. The zero-order valence-corrected chi connectivity index (χ0v) is 12.1. The first-order valence-corrected chi connectivity index (χ1v) is 7.31. The number of aliphatic carboxylic acids is 1. The Morgan fingerprint density at radius 1 is 1.28 bits per heavy atom. The molecule has 0 aromatic heterocycles. The molecular formula is C14H28N2O2. The van der Waals surface area contributed by atoms with Crippen molar-refractivity contribution in [3.05, 3.63) is 0 Å². The first-order valence-electron chi connectivity index (χ1n) is 7.31. The van der Waals surface area contributed by atoms with Crippen LogP contribution in [0.5, 0.6) is 0 Å². The number of hydrogen-bond donors (Lipinski definition) is 1. The van der Waals surface area contributed by atoms with Gasteiger partial charge in [0.1, 0.15) is 6.04 Å². The minimum atomic E-state index is -0.667. The Morgan fingerprint density at radius 2 is 1.83 bits per heavy atom. The molecule has 1 heterocycles. The van der Waals surface area contributed by atoms with Gasteiger partial charge in [0.25, 0.3) is 0 Å². The molecule has 0 amide bonds. The van der Waals surface area contributed by atoms with Crippen molar-refractivity contribution in [3.8, 4) is 0 Å². The average molecular weight is 256 g/mol. The number of nitrogens with zero attached hydrogens (tertiary/aromatic N) is 2. The summed E-state index contributed by atoms with van der Waals surface area (Å²) in [5, 5.41) is 9.16. The van der Waals surface area contributed by atoms with E-state index in [1.54, 1.807) is 0 Å². The lowest BCUT2D eigenvalue weighted by molar-refractivity contribution is -0.144. The van der Waals surface area contributed by atoms with Crippen molar-refractivity contribution in [1.82, 2.24) is 9.80 Å². The SMILES string of the molecule is CCC(C(=O)O)N1CCC(CN(CC)CC)CC1. The lowest BCUT2D eigenvalue weighted by atomic mass is 9.94. The van der Waals surface area contributed by atoms with E-state index in [-0.39, 0.29) is 6.04 Å². The zero-order chi connectivity index (χ0) is 13.5. The molecule has 0 aliphatic carbocycles. The highest BCUT2D eigenvalue weighted by atomic mass is 16.4. The molecule has 1 aliphatic rings. The largest absolute Gasteiger partial charge is 0.480 e. The second kappa shape index (κ2) is 7.74. The van der Waals surface area contributed by atoms with Crippen LogP contribution in [0.3, 0.4) is 0 Å². The number of carboxylic acids is 1. The van der Waals surface area contributed by atoms with Gasteiger partial charge in [0.2, 0.25) is 0 Å². The minimum Gasteiger partial charge on any atom is -0.480 e. The Balaban J connectivity index is 2.38. The van der Waals surface area contributed by atoms with E-state index in [9.17, 15) is 4.79 Å². The molecule has 18 heavy (non-hydrogen) atoms. The Hall–Kier alpha value is -0.610. The van der Waals surface area contributed by atoms with Crippen molar-refractivity contribution in [1.29, 1.82) is 0 Å². The van der Waals surface area contributed by atoms with Gasteiger partial charge in [-0.1, -0.05) is 20.8 Å². The molecule has 1 rings (SSSR count). The molecule has 1 atom stereocenters. The maximum absolute atomic E-state index is 11.1. The third-order valence-electron chi connectivity index (χ3n) is 4.17. The molecule has 0 saturated carbocycles. The summed E-state index contributed by atoms with van der Waals surface area (Å²) >= 11 is 0. The summed E-state index contributed by atoms with van der Waals surface area (Å²) < 4.78 is 0. The molecule has 1 fully saturated rings. The summed E-state index contributed by atoms with van der Waals surface area (Å²) in [6, 6.07) is -0.278. The highest BCUT2D eigenvalue weighted by Crippen LogP contribution is 2.21. The van der Waals surface area contributed by atoms with Crippen LogP contribution in [-0.2, 0) is 4.79 Å². The Kier molecular flexibility index (Phi) is 6.65. The van der Waals surface area contributed by atoms with Gasteiger partial charge in [-0.25, -0.2) is 0 Å². The van der Waals surface area contributed by atoms with Crippen molar-refractivity contribution >= 4 is 5.97 Å². The fourth-order valence-corrected chi connectivity index (χ4v) is 2.88. The second-order valence-corrected chi connectivity index (χ2v) is 5.23. The van der Waals surface area contributed by atoms with E-state index in [4.69, 9.17) is 5.11 Å². The number of hydrogen-bond acceptors (Lipinski definition) is 3. The normalized spacial score (nSPS) is 20.2. The van der Waals surface area contributed by atoms with E-state index in [1.165, 1.54) is 6.54 Å². The Bertz CT molecular complexity index is 246. The quantitative estimate of drug-likeness (QED) is 0.755. The summed E-state index contributed by atoms with van der Waals surface area (Å²) in [4.78, 5) is 15.7. The number of rotatable bonds is 7. The van der Waals surface area contributed by atoms with Crippen LogP contribution in [0.1, 0.15) is 40.0 Å². The molecule has 0 spiro atoms. The van der Waals surface area contributed by atoms with Gasteiger partial charge in [0, 0.05) is 6.54 Å². The summed E-state index contributed by atoms with van der Waals surface area (Å²) in [6.45, 7) is 11.7. The van der Waals surface area contributed by atoms with Crippen molar-refractivity contribution in [2.45, 2.75) is 46.1 Å². The molecule has 4 heteroatoms. The predicted molar refractivity (Wildman–Crippen MR) is 73.8 cm³/mol. The minimum absolute atomic E-state index is 0.278. The van der Waals surface area contributed by atoms with Crippen LogP contribution in [0.2, 0.25) is 0 Å². The van der Waals surface area contributed by atoms with Gasteiger partial charge in [-0.2, -0.15) is 0 Å². The molecule has 1 saturated heterocycles. The lowest BCUT2D eigenvalue weighted by Crippen LogP contribution is -2.46. The summed E-state index contributed by atoms with van der Waals surface area (Å²) in [5.74, 6) is 0.0761. The van der Waals surface area contributed by atoms with Crippen molar-refractivity contribution < 1.29 is 9.90 Å². The van der Waals surface area contributed by atoms with Crippen molar-refractivity contribution in [3.63, 3.8) is 0 Å². The molecule has 106 valence electrons. The van der Waals surface area contributed by atoms with Crippen LogP contribution >= 0.6 is 0 Å². The molecule has 0 aromatic rings. The van der Waals surface area contributed by atoms with Gasteiger partial charge in [-0.05, 0) is 51.4 Å². The van der Waals surface area contributed by atoms with Crippen LogP contribution in [-0.4, -0.2) is 59.6 Å². The van der Waals surface area contributed by atoms with E-state index in [2.05, 4.69) is 23.6 Å². The fraction of sp³-hybridized carbons (Fsp3) is 0.929. The van der Waals surface area contributed by atoms with E-state index in [1.807, 2.05) is 6.92 Å². The predicted octanol–water partition coefficient (Wildman–Crippen LogP) is 1.90. The topological polar surface area (TPSA) is 43.8 Å². The molecule has 0 bridgehead atoms. The first-order chi connectivity index (χ1) is 8.62. The number of piperidine rings is 1. The van der Waals surface area contributed by atoms with E-state index < -0.39 is 5.97 Å². The Morgan fingerprint density at radius 3 is 2.22 bits per heavy atom. The van der Waals surface area contributed by atoms with Gasteiger partial charge in [-0.15, -0.1) is 0 Å². The third-order valence-corrected chi connectivity index (χ3v) is 4.17. The number of carboxylic acid groups (broad SMARTS) is 1. The highest BCUT2D eigenvalue weighted by Gasteiger charge is 2.28. The lowest BCUT2D eigenvalue weighted by Gasteiger charge is -2.37. The van der Waals surface area contributed by atoms with Crippen LogP contribution in [0.25, 0.3) is 0 Å². The van der Waals surface area contributed by atoms with Gasteiger partial charge >= 0.3 is 5.97 Å². The van der Waals surface area contributed by atoms with Crippen LogP contribution < -0.4 is 0 Å². The molecule has 1 N–H and O–H groups in total. The smallest absolute Gasteiger partial charge is 0.320 e. The van der Waals surface area contributed by atoms with E-state index >= 15 is 0 Å². The molecule has 1 aliphatic heterocycles. The molecule has 0 radical (unpaired) electrons. The highest BCUT2D eigenvalue weighted by molar-refractivity contribution is 5.73. The van der Waals surface area contributed by atoms with Crippen molar-refractivity contribution in [2.75, 3.05) is 32.7 Å². The summed E-state index contributed by atoms with van der Waals surface area (Å²) in [6.07, 6.45) is 2.98. The standard InChI is InChI=1S/C14H28N2O2/c1-4-13(14(17)18)16-9-7-12(8-10-16)11-15(5-2)6-3/h12-13H,4-11H2,1-3H3,(H,17,18). The van der Waals surface area contributed by atoms with E-state index in [0.29, 0.717) is 6.42 Å². The second-order valence-electron chi connectivity index (χ2n) is 5.23. The Labute approximate surface area is 111 Å². The van der Waals surface area contributed by atoms with Gasteiger partial charge in [0.15, 0.2) is 0 Å². The molecule has 1 unspecified atom stereocenters. The van der Waals surface area contributed by atoms with Crippen molar-refractivity contribution in [2.24, 2.45) is 5.92 Å². The first kappa shape index (κ1) is 15.4. The van der Waals surface area contributed by atoms with Gasteiger partial charge < -0.3 is 10.0 Å². The summed E-state index contributed by atoms with van der Waals surface area (Å²) in [5.41, 5.74) is 0. The van der Waals surface area contributed by atoms with Crippen LogP contribution in [0.15, 0.2) is 0 Å². The van der Waals surface area contributed by atoms with E-state index in [0.717, 1.165) is 44.9 Å². The third kappa shape index (κ3) is 4.25. The zero-order valence-electron chi connectivity index (χ0n) is 12.1. The number of carbonyl (C=O) groups is 1. The monoisotopic (exact) mass is 256 g/mol.